The van der Waals surface area contributed by atoms with Crippen LogP contribution >= 0.6 is 0 Å². The van der Waals surface area contributed by atoms with Crippen LogP contribution in [-0.4, -0.2) is 32.3 Å². The van der Waals surface area contributed by atoms with Gasteiger partial charge in [-0.2, -0.15) is 0 Å². The summed E-state index contributed by atoms with van der Waals surface area (Å²) >= 11 is 0. The fourth-order valence-electron chi connectivity index (χ4n) is 1.12. The van der Waals surface area contributed by atoms with E-state index in [0.29, 0.717) is 6.61 Å². The summed E-state index contributed by atoms with van der Waals surface area (Å²) in [7, 11) is -3.32. The maximum absolute atomic E-state index is 11.6. The average molecular weight is 218 g/mol. The van der Waals surface area contributed by atoms with E-state index in [2.05, 4.69) is 0 Å². The molecule has 1 rings (SSSR count). The Labute approximate surface area is 83.9 Å². The molecule has 0 aromatic heterocycles. The van der Waals surface area contributed by atoms with Crippen molar-refractivity contribution in [2.45, 2.75) is 25.0 Å². The van der Waals surface area contributed by atoms with Gasteiger partial charge in [0.15, 0.2) is 15.6 Å². The molecule has 1 aliphatic heterocycles. The molecule has 0 spiro atoms. The molecule has 1 atom stereocenters. The SMILES string of the molecule is CC(C(=O)C1=CCCCO1)S(C)(=O)=O. The Morgan fingerprint density at radius 1 is 1.57 bits per heavy atom. The molecule has 0 fully saturated rings. The van der Waals surface area contributed by atoms with E-state index in [-0.39, 0.29) is 5.76 Å². The Bertz CT molecular complexity index is 353. The molecule has 0 aliphatic carbocycles. The summed E-state index contributed by atoms with van der Waals surface area (Å²) in [5.41, 5.74) is 0. The Morgan fingerprint density at radius 3 is 2.64 bits per heavy atom. The molecule has 0 amide bonds. The van der Waals surface area contributed by atoms with Gasteiger partial charge in [-0.3, -0.25) is 4.79 Å². The van der Waals surface area contributed by atoms with Gasteiger partial charge in [0.1, 0.15) is 5.25 Å². The summed E-state index contributed by atoms with van der Waals surface area (Å²) in [6.45, 7) is 1.88. The van der Waals surface area contributed by atoms with Crippen molar-refractivity contribution >= 4 is 15.6 Å². The van der Waals surface area contributed by atoms with Gasteiger partial charge in [0.2, 0.25) is 5.78 Å². The zero-order chi connectivity index (χ0) is 10.8. The van der Waals surface area contributed by atoms with Gasteiger partial charge in [0, 0.05) is 6.26 Å². The summed E-state index contributed by atoms with van der Waals surface area (Å²) in [5.74, 6) is -0.235. The molecular weight excluding hydrogens is 204 g/mol. The number of Topliss-reactive ketones (excluding diaryl/α,β-unsaturated/α-hetero) is 1. The number of carbonyl (C=O) groups is 1. The number of ketones is 1. The highest BCUT2D eigenvalue weighted by Crippen LogP contribution is 2.14. The van der Waals surface area contributed by atoms with Gasteiger partial charge >= 0.3 is 0 Å². The first-order valence-electron chi connectivity index (χ1n) is 4.49. The van der Waals surface area contributed by atoms with Crippen molar-refractivity contribution in [2.75, 3.05) is 12.9 Å². The van der Waals surface area contributed by atoms with Crippen molar-refractivity contribution < 1.29 is 17.9 Å². The van der Waals surface area contributed by atoms with E-state index < -0.39 is 20.9 Å². The minimum absolute atomic E-state index is 0.203. The van der Waals surface area contributed by atoms with Crippen molar-refractivity contribution in [1.29, 1.82) is 0 Å². The molecule has 80 valence electrons. The van der Waals surface area contributed by atoms with Gasteiger partial charge in [-0.25, -0.2) is 8.42 Å². The maximum atomic E-state index is 11.6. The quantitative estimate of drug-likeness (QED) is 0.699. The van der Waals surface area contributed by atoms with E-state index in [0.717, 1.165) is 19.1 Å². The first kappa shape index (κ1) is 11.2. The highest BCUT2D eigenvalue weighted by Gasteiger charge is 2.28. The molecule has 0 aromatic rings. The van der Waals surface area contributed by atoms with Crippen LogP contribution in [0.4, 0.5) is 0 Å². The van der Waals surface area contributed by atoms with Crippen LogP contribution in [0.3, 0.4) is 0 Å². The predicted octanol–water partition coefficient (Wildman–Crippen LogP) is 0.683. The summed E-state index contributed by atoms with van der Waals surface area (Å²) in [5, 5.41) is -1.01. The molecule has 0 radical (unpaired) electrons. The highest BCUT2D eigenvalue weighted by atomic mass is 32.2. The molecular formula is C9H14O4S. The van der Waals surface area contributed by atoms with E-state index in [9.17, 15) is 13.2 Å². The second kappa shape index (κ2) is 4.13. The summed E-state index contributed by atoms with van der Waals surface area (Å²) in [6.07, 6.45) is 4.37. The van der Waals surface area contributed by atoms with Gasteiger partial charge in [-0.05, 0) is 25.8 Å². The van der Waals surface area contributed by atoms with Gasteiger partial charge in [0.25, 0.3) is 0 Å². The molecule has 1 heterocycles. The number of rotatable bonds is 3. The number of carbonyl (C=O) groups excluding carboxylic acids is 1. The van der Waals surface area contributed by atoms with E-state index >= 15 is 0 Å². The predicted molar refractivity (Wildman–Crippen MR) is 52.6 cm³/mol. The number of allylic oxidation sites excluding steroid dienone is 2. The van der Waals surface area contributed by atoms with Crippen molar-refractivity contribution in [3.63, 3.8) is 0 Å². The Kier molecular flexibility index (Phi) is 3.31. The average Bonchev–Trinajstić information content (AvgIpc) is 2.15. The van der Waals surface area contributed by atoms with Crippen LogP contribution in [-0.2, 0) is 19.4 Å². The topological polar surface area (TPSA) is 60.4 Å². The van der Waals surface area contributed by atoms with E-state index in [1.165, 1.54) is 6.92 Å². The molecule has 5 heteroatoms. The smallest absolute Gasteiger partial charge is 0.214 e. The van der Waals surface area contributed by atoms with Gasteiger partial charge < -0.3 is 4.74 Å². The third-order valence-corrected chi connectivity index (χ3v) is 3.69. The summed E-state index contributed by atoms with van der Waals surface area (Å²) in [4.78, 5) is 11.6. The molecule has 0 bridgehead atoms. The van der Waals surface area contributed by atoms with E-state index in [1.54, 1.807) is 6.08 Å². The third-order valence-electron chi connectivity index (χ3n) is 2.19. The van der Waals surface area contributed by atoms with Crippen LogP contribution in [0, 0.1) is 0 Å². The molecule has 0 N–H and O–H groups in total. The fourth-order valence-corrected chi connectivity index (χ4v) is 1.63. The molecule has 1 aliphatic rings. The Morgan fingerprint density at radius 2 is 2.21 bits per heavy atom. The lowest BCUT2D eigenvalue weighted by molar-refractivity contribution is -0.118. The van der Waals surface area contributed by atoms with Crippen LogP contribution in [0.25, 0.3) is 0 Å². The molecule has 1 unspecified atom stereocenters. The maximum Gasteiger partial charge on any atom is 0.214 e. The first-order valence-corrected chi connectivity index (χ1v) is 6.44. The summed E-state index contributed by atoms with van der Waals surface area (Å²) < 4.78 is 27.3. The van der Waals surface area contributed by atoms with Crippen LogP contribution in [0.1, 0.15) is 19.8 Å². The van der Waals surface area contributed by atoms with Gasteiger partial charge in [0.05, 0.1) is 6.61 Å². The minimum Gasteiger partial charge on any atom is -0.490 e. The largest absolute Gasteiger partial charge is 0.490 e. The minimum atomic E-state index is -3.32. The number of hydrogen-bond acceptors (Lipinski definition) is 4. The van der Waals surface area contributed by atoms with Crippen LogP contribution in [0.15, 0.2) is 11.8 Å². The van der Waals surface area contributed by atoms with Crippen LogP contribution in [0.2, 0.25) is 0 Å². The summed E-state index contributed by atoms with van der Waals surface area (Å²) in [6, 6.07) is 0. The first-order chi connectivity index (χ1) is 6.43. The van der Waals surface area contributed by atoms with Crippen molar-refractivity contribution in [3.05, 3.63) is 11.8 Å². The Balaban J connectivity index is 2.80. The molecule has 0 saturated heterocycles. The van der Waals surface area contributed by atoms with Crippen LogP contribution < -0.4 is 0 Å². The molecule has 0 saturated carbocycles. The Hall–Kier alpha value is -0.840. The lowest BCUT2D eigenvalue weighted by atomic mass is 10.1. The molecule has 4 nitrogen and oxygen atoms in total. The molecule has 0 aromatic carbocycles. The number of sulfone groups is 1. The number of ether oxygens (including phenoxy) is 1. The van der Waals surface area contributed by atoms with Gasteiger partial charge in [-0.1, -0.05) is 0 Å². The lowest BCUT2D eigenvalue weighted by Gasteiger charge is -2.16. The van der Waals surface area contributed by atoms with Gasteiger partial charge in [-0.15, -0.1) is 0 Å². The van der Waals surface area contributed by atoms with Crippen molar-refractivity contribution in [2.24, 2.45) is 0 Å². The van der Waals surface area contributed by atoms with E-state index in [4.69, 9.17) is 4.74 Å². The third kappa shape index (κ3) is 2.57. The highest BCUT2D eigenvalue weighted by molar-refractivity contribution is 7.92. The van der Waals surface area contributed by atoms with Crippen LogP contribution in [0.5, 0.6) is 0 Å². The lowest BCUT2D eigenvalue weighted by Crippen LogP contribution is -2.29. The van der Waals surface area contributed by atoms with Crippen molar-refractivity contribution in [3.8, 4) is 0 Å². The zero-order valence-electron chi connectivity index (χ0n) is 8.32. The molecule has 14 heavy (non-hydrogen) atoms. The fraction of sp³-hybridized carbons (Fsp3) is 0.667. The number of hydrogen-bond donors (Lipinski definition) is 0. The second-order valence-electron chi connectivity index (χ2n) is 3.40. The second-order valence-corrected chi connectivity index (χ2v) is 5.76. The standard InChI is InChI=1S/C9H14O4S/c1-7(14(2,11)12)9(10)8-5-3-4-6-13-8/h5,7H,3-4,6H2,1-2H3. The monoisotopic (exact) mass is 218 g/mol. The zero-order valence-corrected chi connectivity index (χ0v) is 9.13. The van der Waals surface area contributed by atoms with E-state index in [1.807, 2.05) is 0 Å². The van der Waals surface area contributed by atoms with Crippen molar-refractivity contribution in [1.82, 2.24) is 0 Å². The normalized spacial score (nSPS) is 19.4.